The summed E-state index contributed by atoms with van der Waals surface area (Å²) in [5.41, 5.74) is 2.08. The highest BCUT2D eigenvalue weighted by atomic mass is 16.5. The molecule has 3 N–H and O–H groups in total. The Morgan fingerprint density at radius 1 is 1.21 bits per heavy atom. The summed E-state index contributed by atoms with van der Waals surface area (Å²) in [4.78, 5) is 15.0. The molecule has 1 aliphatic rings. The van der Waals surface area contributed by atoms with Gasteiger partial charge in [-0.05, 0) is 29.8 Å². The van der Waals surface area contributed by atoms with E-state index in [1.807, 2.05) is 54.6 Å². The first kappa shape index (κ1) is 15.9. The highest BCUT2D eigenvalue weighted by Gasteiger charge is 2.17. The molecule has 0 aliphatic carbocycles. The largest absolute Gasteiger partial charge is 0.489 e. The number of nitrogens with one attached hydrogen (secondary N) is 2. The van der Waals surface area contributed by atoms with Gasteiger partial charge in [0.1, 0.15) is 18.2 Å². The van der Waals surface area contributed by atoms with Crippen LogP contribution in [0.25, 0.3) is 0 Å². The van der Waals surface area contributed by atoms with Crippen molar-refractivity contribution < 1.29 is 14.6 Å². The maximum Gasteiger partial charge on any atom is 0.405 e. The van der Waals surface area contributed by atoms with E-state index in [9.17, 15) is 4.79 Å². The van der Waals surface area contributed by atoms with E-state index in [2.05, 4.69) is 15.6 Å². The molecule has 2 aromatic rings. The van der Waals surface area contributed by atoms with E-state index in [-0.39, 0.29) is 6.04 Å². The lowest BCUT2D eigenvalue weighted by Crippen LogP contribution is -2.48. The smallest absolute Gasteiger partial charge is 0.405 e. The monoisotopic (exact) mass is 325 g/mol. The molecule has 1 unspecified atom stereocenters. The normalized spacial score (nSPS) is 16.7. The van der Waals surface area contributed by atoms with Gasteiger partial charge in [0.2, 0.25) is 0 Å². The van der Waals surface area contributed by atoms with Gasteiger partial charge >= 0.3 is 6.09 Å². The Hall–Kier alpha value is -3.02. The van der Waals surface area contributed by atoms with Crippen molar-refractivity contribution in [2.75, 3.05) is 13.1 Å². The van der Waals surface area contributed by atoms with Crippen LogP contribution >= 0.6 is 0 Å². The number of amidine groups is 1. The molecule has 2 aromatic carbocycles. The second-order valence-corrected chi connectivity index (χ2v) is 5.52. The molecule has 6 nitrogen and oxygen atoms in total. The molecular weight excluding hydrogens is 306 g/mol. The molecule has 124 valence electrons. The topological polar surface area (TPSA) is 83.0 Å². The van der Waals surface area contributed by atoms with Crippen molar-refractivity contribution in [1.82, 2.24) is 10.6 Å². The molecule has 6 heteroatoms. The molecule has 0 bridgehead atoms. The van der Waals surface area contributed by atoms with E-state index in [0.29, 0.717) is 19.7 Å². The minimum atomic E-state index is -1.03. The molecule has 0 saturated carbocycles. The summed E-state index contributed by atoms with van der Waals surface area (Å²) in [6, 6.07) is 17.5. The van der Waals surface area contributed by atoms with Crippen molar-refractivity contribution in [2.24, 2.45) is 4.99 Å². The molecule has 0 radical (unpaired) electrons. The van der Waals surface area contributed by atoms with Crippen LogP contribution in [0.4, 0.5) is 4.79 Å². The van der Waals surface area contributed by atoms with Crippen LogP contribution in [0.5, 0.6) is 5.75 Å². The summed E-state index contributed by atoms with van der Waals surface area (Å²) in [5.74, 6) is 1.57. The number of hydrogen-bond donors (Lipinski definition) is 3. The summed E-state index contributed by atoms with van der Waals surface area (Å²) in [6.45, 7) is 1.49. The quantitative estimate of drug-likeness (QED) is 0.787. The molecule has 1 aliphatic heterocycles. The van der Waals surface area contributed by atoms with Gasteiger partial charge in [-0.15, -0.1) is 0 Å². The summed E-state index contributed by atoms with van der Waals surface area (Å²) >= 11 is 0. The van der Waals surface area contributed by atoms with Crippen molar-refractivity contribution in [3.63, 3.8) is 0 Å². The Morgan fingerprint density at radius 2 is 1.96 bits per heavy atom. The highest BCUT2D eigenvalue weighted by Crippen LogP contribution is 2.15. The van der Waals surface area contributed by atoms with E-state index in [0.717, 1.165) is 22.7 Å². The van der Waals surface area contributed by atoms with E-state index in [1.165, 1.54) is 0 Å². The Labute approximate surface area is 140 Å². The van der Waals surface area contributed by atoms with Gasteiger partial charge in [0.15, 0.2) is 0 Å². The number of hydrogen-bond acceptors (Lipinski definition) is 4. The molecule has 1 amide bonds. The average Bonchev–Trinajstić information content (AvgIpc) is 2.62. The standard InChI is InChI=1S/C18H19N3O3/c22-18(23)21-15-10-19-17(20-11-15)14-6-8-16(9-7-14)24-12-13-4-2-1-3-5-13/h1-9,15,21H,10-12H2,(H,19,20)(H,22,23). The van der Waals surface area contributed by atoms with Crippen molar-refractivity contribution in [3.05, 3.63) is 65.7 Å². The zero-order chi connectivity index (χ0) is 16.8. The third-order valence-corrected chi connectivity index (χ3v) is 3.69. The highest BCUT2D eigenvalue weighted by molar-refractivity contribution is 5.99. The predicted octanol–water partition coefficient (Wildman–Crippen LogP) is 2.25. The zero-order valence-corrected chi connectivity index (χ0v) is 13.1. The molecule has 1 atom stereocenters. The van der Waals surface area contributed by atoms with E-state index < -0.39 is 6.09 Å². The third-order valence-electron chi connectivity index (χ3n) is 3.69. The molecular formula is C18H19N3O3. The molecule has 0 saturated heterocycles. The molecule has 3 rings (SSSR count). The summed E-state index contributed by atoms with van der Waals surface area (Å²) in [5, 5.41) is 14.3. The van der Waals surface area contributed by atoms with Gasteiger partial charge in [0.05, 0.1) is 12.6 Å². The third kappa shape index (κ3) is 4.25. The number of benzene rings is 2. The Kier molecular flexibility index (Phi) is 4.96. The Morgan fingerprint density at radius 3 is 2.58 bits per heavy atom. The van der Waals surface area contributed by atoms with Gasteiger partial charge in [-0.25, -0.2) is 4.79 Å². The lowest BCUT2D eigenvalue weighted by Gasteiger charge is -2.23. The van der Waals surface area contributed by atoms with Crippen LogP contribution in [0, 0.1) is 0 Å². The van der Waals surface area contributed by atoms with Crippen LogP contribution in [0.1, 0.15) is 11.1 Å². The molecule has 0 fully saturated rings. The fourth-order valence-corrected chi connectivity index (χ4v) is 2.46. The van der Waals surface area contributed by atoms with Crippen molar-refractivity contribution >= 4 is 11.9 Å². The molecule has 1 heterocycles. The first-order chi connectivity index (χ1) is 11.7. The van der Waals surface area contributed by atoms with Crippen LogP contribution < -0.4 is 15.4 Å². The van der Waals surface area contributed by atoms with Gasteiger partial charge in [-0.1, -0.05) is 30.3 Å². The van der Waals surface area contributed by atoms with Crippen LogP contribution in [-0.4, -0.2) is 36.2 Å². The summed E-state index contributed by atoms with van der Waals surface area (Å²) < 4.78 is 5.76. The van der Waals surface area contributed by atoms with Crippen molar-refractivity contribution in [3.8, 4) is 5.75 Å². The van der Waals surface area contributed by atoms with E-state index >= 15 is 0 Å². The second-order valence-electron chi connectivity index (χ2n) is 5.52. The number of rotatable bonds is 5. The molecule has 0 spiro atoms. The van der Waals surface area contributed by atoms with Crippen molar-refractivity contribution in [1.29, 1.82) is 0 Å². The first-order valence-corrected chi connectivity index (χ1v) is 7.75. The van der Waals surface area contributed by atoms with Crippen LogP contribution in [0.2, 0.25) is 0 Å². The van der Waals surface area contributed by atoms with E-state index in [4.69, 9.17) is 9.84 Å². The average molecular weight is 325 g/mol. The van der Waals surface area contributed by atoms with Gasteiger partial charge in [0.25, 0.3) is 0 Å². The van der Waals surface area contributed by atoms with Gasteiger partial charge in [-0.3, -0.25) is 4.99 Å². The zero-order valence-electron chi connectivity index (χ0n) is 13.1. The summed E-state index contributed by atoms with van der Waals surface area (Å²) in [7, 11) is 0. The number of carboxylic acid groups (broad SMARTS) is 1. The van der Waals surface area contributed by atoms with Crippen LogP contribution in [0.15, 0.2) is 59.6 Å². The number of carbonyl (C=O) groups is 1. The lowest BCUT2D eigenvalue weighted by molar-refractivity contribution is 0.190. The second kappa shape index (κ2) is 7.50. The van der Waals surface area contributed by atoms with Gasteiger partial charge < -0.3 is 20.5 Å². The number of ether oxygens (including phenoxy) is 1. The SMILES string of the molecule is O=C(O)NC1CN=C(c2ccc(OCc3ccccc3)cc2)NC1. The molecule has 24 heavy (non-hydrogen) atoms. The summed E-state index contributed by atoms with van der Waals surface area (Å²) in [6.07, 6.45) is -1.03. The maximum absolute atomic E-state index is 10.6. The Bertz CT molecular complexity index is 714. The van der Waals surface area contributed by atoms with E-state index in [1.54, 1.807) is 0 Å². The van der Waals surface area contributed by atoms with Crippen LogP contribution in [-0.2, 0) is 6.61 Å². The fraction of sp³-hybridized carbons (Fsp3) is 0.222. The maximum atomic E-state index is 10.6. The Balaban J connectivity index is 1.57. The number of nitrogens with zero attached hydrogens (tertiary/aromatic N) is 1. The number of amides is 1. The minimum Gasteiger partial charge on any atom is -0.489 e. The fourth-order valence-electron chi connectivity index (χ4n) is 2.46. The lowest BCUT2D eigenvalue weighted by atomic mass is 10.1. The molecule has 0 aromatic heterocycles. The van der Waals surface area contributed by atoms with Crippen LogP contribution in [0.3, 0.4) is 0 Å². The van der Waals surface area contributed by atoms with Crippen molar-refractivity contribution in [2.45, 2.75) is 12.6 Å². The minimum absolute atomic E-state index is 0.195. The first-order valence-electron chi connectivity index (χ1n) is 7.75. The van der Waals surface area contributed by atoms with Gasteiger partial charge in [-0.2, -0.15) is 0 Å². The van der Waals surface area contributed by atoms with Gasteiger partial charge in [0, 0.05) is 12.1 Å². The number of aliphatic imine (C=N–C) groups is 1. The predicted molar refractivity (Wildman–Crippen MR) is 91.6 cm³/mol.